The third-order valence-corrected chi connectivity index (χ3v) is 10.6. The number of carbonyl (C=O) groups excluding carboxylic acids is 2. The summed E-state index contributed by atoms with van der Waals surface area (Å²) >= 11 is 0. The molecule has 0 bridgehead atoms. The quantitative estimate of drug-likeness (QED) is 0.382. The van der Waals surface area contributed by atoms with E-state index in [9.17, 15) is 9.59 Å². The normalized spacial score (nSPS) is 23.2. The average Bonchev–Trinajstić information content (AvgIpc) is 3.72. The topological polar surface area (TPSA) is 86.8 Å². The molecular formula is C37H45N5O3. The zero-order chi connectivity index (χ0) is 30.9. The van der Waals surface area contributed by atoms with Crippen LogP contribution in [0, 0.1) is 12.8 Å². The summed E-state index contributed by atoms with van der Waals surface area (Å²) in [4.78, 5) is 35.8. The van der Waals surface area contributed by atoms with Gasteiger partial charge in [0, 0.05) is 48.9 Å². The van der Waals surface area contributed by atoms with Crippen LogP contribution in [0.4, 0.5) is 5.82 Å². The van der Waals surface area contributed by atoms with E-state index in [0.717, 1.165) is 68.0 Å². The van der Waals surface area contributed by atoms with Crippen molar-refractivity contribution in [1.82, 2.24) is 20.5 Å². The Bertz CT molecular complexity index is 1530. The summed E-state index contributed by atoms with van der Waals surface area (Å²) in [5, 5.41) is 6.40. The van der Waals surface area contributed by atoms with Gasteiger partial charge in [-0.05, 0) is 112 Å². The second-order valence-electron chi connectivity index (χ2n) is 13.5. The van der Waals surface area contributed by atoms with Gasteiger partial charge >= 0.3 is 0 Å². The van der Waals surface area contributed by atoms with Crippen molar-refractivity contribution in [2.75, 3.05) is 38.2 Å². The molecule has 8 nitrogen and oxygen atoms in total. The molecule has 7 rings (SSSR count). The molecule has 236 valence electrons. The fraction of sp³-hybridized carbons (Fsp3) is 0.486. The zero-order valence-electron chi connectivity index (χ0n) is 26.6. The van der Waals surface area contributed by atoms with Crippen LogP contribution < -0.4 is 20.3 Å². The Hall–Kier alpha value is -3.91. The molecule has 3 unspecified atom stereocenters. The van der Waals surface area contributed by atoms with Crippen LogP contribution in [0.1, 0.15) is 87.4 Å². The number of benzene rings is 2. The maximum absolute atomic E-state index is 13.3. The van der Waals surface area contributed by atoms with Crippen LogP contribution in [0.5, 0.6) is 5.75 Å². The van der Waals surface area contributed by atoms with Crippen molar-refractivity contribution in [2.45, 2.75) is 76.4 Å². The fourth-order valence-electron chi connectivity index (χ4n) is 8.03. The van der Waals surface area contributed by atoms with E-state index in [1.54, 1.807) is 6.20 Å². The average molecular weight is 608 g/mol. The molecule has 3 aromatic rings. The Kier molecular flexibility index (Phi) is 8.49. The molecule has 3 aliphatic heterocycles. The fourth-order valence-corrected chi connectivity index (χ4v) is 8.03. The lowest BCUT2D eigenvalue weighted by atomic mass is 9.89. The number of hydrogen-bond acceptors (Lipinski definition) is 6. The first kappa shape index (κ1) is 29.8. The van der Waals surface area contributed by atoms with Gasteiger partial charge in [-0.2, -0.15) is 0 Å². The minimum atomic E-state index is -0.110. The van der Waals surface area contributed by atoms with Gasteiger partial charge in [0.25, 0.3) is 11.8 Å². The number of carbonyl (C=O) groups is 2. The maximum atomic E-state index is 13.3. The van der Waals surface area contributed by atoms with E-state index >= 15 is 0 Å². The lowest BCUT2D eigenvalue weighted by molar-refractivity contribution is 0.0932. The lowest BCUT2D eigenvalue weighted by Crippen LogP contribution is -2.43. The van der Waals surface area contributed by atoms with Crippen LogP contribution >= 0.6 is 0 Å². The summed E-state index contributed by atoms with van der Waals surface area (Å²) in [6.07, 6.45) is 9.16. The first-order valence-electron chi connectivity index (χ1n) is 16.8. The zero-order valence-corrected chi connectivity index (χ0v) is 26.6. The second-order valence-corrected chi connectivity index (χ2v) is 13.5. The van der Waals surface area contributed by atoms with Crippen molar-refractivity contribution in [3.05, 3.63) is 88.1 Å². The molecule has 2 N–H and O–H groups in total. The number of anilines is 1. The number of fused-ring (bicyclic) bond motifs is 2. The molecule has 3 atom stereocenters. The van der Waals surface area contributed by atoms with Crippen molar-refractivity contribution in [1.29, 1.82) is 0 Å². The standard InChI is InChI=1S/C37H45N5O3/c1-24-32(11-9-28-15-19-45-35(24)28)37(44)40-31-20-29-4-3-16-42(33(29)21-31)34-12-10-30(23-38-34)36(43)39-22-25-5-7-26(8-6-25)27-13-17-41(2)18-14-27/h5-12,23,27,29,31,33H,3-4,13-22H2,1-2H3,(H,39,43)(H,40,44). The van der Waals surface area contributed by atoms with Gasteiger partial charge in [0.2, 0.25) is 0 Å². The smallest absolute Gasteiger partial charge is 0.253 e. The van der Waals surface area contributed by atoms with Crippen LogP contribution in [0.2, 0.25) is 0 Å². The van der Waals surface area contributed by atoms with Crippen LogP contribution in [0.15, 0.2) is 54.7 Å². The molecule has 45 heavy (non-hydrogen) atoms. The number of rotatable bonds is 7. The molecule has 0 spiro atoms. The first-order chi connectivity index (χ1) is 21.9. The van der Waals surface area contributed by atoms with Gasteiger partial charge in [0.1, 0.15) is 11.6 Å². The van der Waals surface area contributed by atoms with Crippen LogP contribution in [0.3, 0.4) is 0 Å². The Balaban J connectivity index is 0.933. The number of piperidine rings is 2. The summed E-state index contributed by atoms with van der Waals surface area (Å²) in [6, 6.07) is 17.0. The monoisotopic (exact) mass is 607 g/mol. The number of aromatic nitrogens is 1. The van der Waals surface area contributed by atoms with Gasteiger partial charge in [0.05, 0.1) is 12.2 Å². The molecular weight excluding hydrogens is 562 g/mol. The number of pyridine rings is 1. The van der Waals surface area contributed by atoms with Gasteiger partial charge < -0.3 is 25.2 Å². The molecule has 2 aromatic carbocycles. The highest BCUT2D eigenvalue weighted by Crippen LogP contribution is 2.39. The van der Waals surface area contributed by atoms with E-state index in [0.29, 0.717) is 42.2 Å². The van der Waals surface area contributed by atoms with Crippen molar-refractivity contribution in [2.24, 2.45) is 5.92 Å². The highest BCUT2D eigenvalue weighted by Gasteiger charge is 2.41. The van der Waals surface area contributed by atoms with E-state index in [-0.39, 0.29) is 17.9 Å². The Morgan fingerprint density at radius 1 is 0.956 bits per heavy atom. The molecule has 1 saturated carbocycles. The molecule has 1 aromatic heterocycles. The van der Waals surface area contributed by atoms with Gasteiger partial charge in [-0.15, -0.1) is 0 Å². The number of nitrogens with zero attached hydrogens (tertiary/aromatic N) is 3. The Labute approximate surface area is 266 Å². The summed E-state index contributed by atoms with van der Waals surface area (Å²) in [6.45, 7) is 6.41. The Morgan fingerprint density at radius 2 is 1.78 bits per heavy atom. The summed E-state index contributed by atoms with van der Waals surface area (Å²) < 4.78 is 5.79. The van der Waals surface area contributed by atoms with Gasteiger partial charge in [-0.1, -0.05) is 30.3 Å². The van der Waals surface area contributed by atoms with E-state index in [4.69, 9.17) is 9.72 Å². The van der Waals surface area contributed by atoms with Crippen molar-refractivity contribution < 1.29 is 14.3 Å². The minimum Gasteiger partial charge on any atom is -0.493 e. The molecule has 2 amide bonds. The molecule has 4 aliphatic rings. The third-order valence-electron chi connectivity index (χ3n) is 10.6. The number of nitrogens with one attached hydrogen (secondary N) is 2. The van der Waals surface area contributed by atoms with E-state index in [1.807, 2.05) is 31.2 Å². The van der Waals surface area contributed by atoms with Gasteiger partial charge in [-0.3, -0.25) is 9.59 Å². The number of ether oxygens (including phenoxy) is 1. The SMILES string of the molecule is Cc1c(C(=O)NC2CC3CCCN(c4ccc(C(=O)NCc5ccc(C6CCN(C)CC6)cc5)cn4)C3C2)ccc2c1OCC2. The van der Waals surface area contributed by atoms with Crippen LogP contribution in [-0.2, 0) is 13.0 Å². The molecule has 4 heterocycles. The first-order valence-corrected chi connectivity index (χ1v) is 16.8. The van der Waals surface area contributed by atoms with E-state index < -0.39 is 0 Å². The summed E-state index contributed by atoms with van der Waals surface area (Å²) in [5.41, 5.74) is 5.91. The predicted molar refractivity (Wildman–Crippen MR) is 176 cm³/mol. The lowest BCUT2D eigenvalue weighted by Gasteiger charge is -2.38. The second kappa shape index (κ2) is 12.8. The van der Waals surface area contributed by atoms with E-state index in [1.165, 1.54) is 30.4 Å². The van der Waals surface area contributed by atoms with Crippen LogP contribution in [-0.4, -0.2) is 67.1 Å². The molecule has 3 fully saturated rings. The van der Waals surface area contributed by atoms with Crippen molar-refractivity contribution >= 4 is 17.6 Å². The van der Waals surface area contributed by atoms with Crippen molar-refractivity contribution in [3.63, 3.8) is 0 Å². The number of likely N-dealkylation sites (tertiary alicyclic amines) is 1. The highest BCUT2D eigenvalue weighted by atomic mass is 16.5. The van der Waals surface area contributed by atoms with Gasteiger partial charge in [-0.25, -0.2) is 4.98 Å². The largest absolute Gasteiger partial charge is 0.493 e. The molecule has 8 heteroatoms. The molecule has 1 aliphatic carbocycles. The number of amides is 2. The Morgan fingerprint density at radius 3 is 2.56 bits per heavy atom. The maximum Gasteiger partial charge on any atom is 0.253 e. The van der Waals surface area contributed by atoms with Gasteiger partial charge in [0.15, 0.2) is 0 Å². The highest BCUT2D eigenvalue weighted by molar-refractivity contribution is 5.96. The third kappa shape index (κ3) is 6.30. The summed E-state index contributed by atoms with van der Waals surface area (Å²) in [7, 11) is 2.19. The number of hydrogen-bond donors (Lipinski definition) is 2. The molecule has 0 radical (unpaired) electrons. The minimum absolute atomic E-state index is 0.0114. The summed E-state index contributed by atoms with van der Waals surface area (Å²) in [5.74, 6) is 2.82. The van der Waals surface area contributed by atoms with E-state index in [2.05, 4.69) is 51.7 Å². The predicted octanol–water partition coefficient (Wildman–Crippen LogP) is 5.24. The van der Waals surface area contributed by atoms with Crippen LogP contribution in [0.25, 0.3) is 0 Å². The molecule has 2 saturated heterocycles. The van der Waals surface area contributed by atoms with Crippen molar-refractivity contribution in [3.8, 4) is 5.75 Å².